The zero-order chi connectivity index (χ0) is 27.6. The van der Waals surface area contributed by atoms with E-state index in [4.69, 9.17) is 14.5 Å². The molecule has 1 atom stereocenters. The Bertz CT molecular complexity index is 1420. The van der Waals surface area contributed by atoms with Crippen molar-refractivity contribution in [2.24, 2.45) is 0 Å². The normalized spacial score (nSPS) is 19.0. The summed E-state index contributed by atoms with van der Waals surface area (Å²) in [7, 11) is -2.32. The molecule has 0 N–H and O–H groups in total. The van der Waals surface area contributed by atoms with Crippen LogP contribution in [0.3, 0.4) is 0 Å². The molecule has 0 saturated carbocycles. The van der Waals surface area contributed by atoms with E-state index >= 15 is 0 Å². The van der Waals surface area contributed by atoms with Crippen LogP contribution in [0.1, 0.15) is 30.4 Å². The van der Waals surface area contributed by atoms with Crippen LogP contribution in [0.5, 0.6) is 5.75 Å². The lowest BCUT2D eigenvalue weighted by Gasteiger charge is -2.30. The van der Waals surface area contributed by atoms with Crippen molar-refractivity contribution in [3.63, 3.8) is 0 Å². The van der Waals surface area contributed by atoms with Gasteiger partial charge in [0.25, 0.3) is 0 Å². The molecule has 2 saturated heterocycles. The summed E-state index contributed by atoms with van der Waals surface area (Å²) < 4.78 is 40.3. The first kappa shape index (κ1) is 28.0. The maximum atomic E-state index is 14.2. The van der Waals surface area contributed by atoms with Gasteiger partial charge in [0.1, 0.15) is 11.8 Å². The molecule has 1 unspecified atom stereocenters. The van der Waals surface area contributed by atoms with Crippen molar-refractivity contribution in [1.82, 2.24) is 14.2 Å². The Morgan fingerprint density at radius 2 is 1.90 bits per heavy atom. The molecule has 9 nitrogen and oxygen atoms in total. The first-order valence-electron chi connectivity index (χ1n) is 13.4. The number of thiazole rings is 1. The van der Waals surface area contributed by atoms with Crippen LogP contribution < -0.4 is 9.64 Å². The maximum Gasteiger partial charge on any atom is 0.247 e. The second-order valence-electron chi connectivity index (χ2n) is 10.2. The lowest BCUT2D eigenvalue weighted by Crippen LogP contribution is -2.48. The SMILES string of the molecule is COc1ccc(S(=O)(=O)N2CCCC2C(=O)N(CCCN2CCOCC2)c2nc3cc(C)cc(C)c3s2)cc1. The van der Waals surface area contributed by atoms with Crippen molar-refractivity contribution in [3.8, 4) is 5.75 Å². The summed E-state index contributed by atoms with van der Waals surface area (Å²) in [5.41, 5.74) is 3.11. The van der Waals surface area contributed by atoms with Crippen molar-refractivity contribution >= 4 is 42.6 Å². The van der Waals surface area contributed by atoms with Gasteiger partial charge in [-0.25, -0.2) is 13.4 Å². The summed E-state index contributed by atoms with van der Waals surface area (Å²) in [6.07, 6.45) is 1.88. The fourth-order valence-corrected chi connectivity index (χ4v) is 8.09. The van der Waals surface area contributed by atoms with Gasteiger partial charge >= 0.3 is 0 Å². The maximum absolute atomic E-state index is 14.2. The van der Waals surface area contributed by atoms with Crippen molar-refractivity contribution in [3.05, 3.63) is 47.5 Å². The highest BCUT2D eigenvalue weighted by molar-refractivity contribution is 7.89. The standard InChI is InChI=1S/C28H36N4O5S2/c1-20-18-21(2)26-24(19-20)29-28(38-26)31(12-5-11-30-14-16-37-17-15-30)27(33)25-6-4-13-32(25)39(34,35)23-9-7-22(36-3)8-10-23/h7-10,18-19,25H,4-6,11-17H2,1-3H3. The molecule has 2 aliphatic rings. The Hall–Kier alpha value is -2.57. The molecule has 39 heavy (non-hydrogen) atoms. The van der Waals surface area contributed by atoms with Crippen molar-refractivity contribution in [1.29, 1.82) is 0 Å². The molecule has 0 aliphatic carbocycles. The van der Waals surface area contributed by atoms with Gasteiger partial charge in [-0.1, -0.05) is 17.4 Å². The second kappa shape index (κ2) is 11.9. The molecule has 0 bridgehead atoms. The molecule has 210 valence electrons. The predicted octanol–water partition coefficient (Wildman–Crippen LogP) is 3.83. The minimum Gasteiger partial charge on any atom is -0.497 e. The number of hydrogen-bond donors (Lipinski definition) is 0. The fraction of sp³-hybridized carbons (Fsp3) is 0.500. The van der Waals surface area contributed by atoms with Crippen LogP contribution in [0.4, 0.5) is 5.13 Å². The number of amides is 1. The molecule has 1 aromatic heterocycles. The van der Waals surface area contributed by atoms with Crippen molar-refractivity contribution in [2.75, 3.05) is 57.9 Å². The number of nitrogens with zero attached hydrogens (tertiary/aromatic N) is 4. The number of aryl methyl sites for hydroxylation is 2. The second-order valence-corrected chi connectivity index (χ2v) is 13.0. The molecular formula is C28H36N4O5S2. The monoisotopic (exact) mass is 572 g/mol. The van der Waals surface area contributed by atoms with E-state index in [0.717, 1.165) is 60.6 Å². The zero-order valence-corrected chi connectivity index (χ0v) is 24.4. The summed E-state index contributed by atoms with van der Waals surface area (Å²) in [6, 6.07) is 9.71. The smallest absolute Gasteiger partial charge is 0.247 e. The highest BCUT2D eigenvalue weighted by Gasteiger charge is 2.42. The quantitative estimate of drug-likeness (QED) is 0.385. The number of methoxy groups -OCH3 is 1. The van der Waals surface area contributed by atoms with Crippen LogP contribution in [0.2, 0.25) is 0 Å². The van der Waals surface area contributed by atoms with Gasteiger partial charge < -0.3 is 9.47 Å². The Labute approximate surface area is 234 Å². The molecule has 3 aromatic rings. The molecule has 1 amide bonds. The van der Waals surface area contributed by atoms with Crippen LogP contribution in [0.25, 0.3) is 10.2 Å². The summed E-state index contributed by atoms with van der Waals surface area (Å²) in [4.78, 5) is 23.3. The number of morpholine rings is 1. The molecule has 2 fully saturated rings. The van der Waals surface area contributed by atoms with E-state index in [-0.39, 0.29) is 10.8 Å². The number of fused-ring (bicyclic) bond motifs is 1. The van der Waals surface area contributed by atoms with E-state index in [1.807, 2.05) is 13.0 Å². The Kier molecular flexibility index (Phi) is 8.53. The molecule has 11 heteroatoms. The van der Waals surface area contributed by atoms with Gasteiger partial charge in [0.2, 0.25) is 15.9 Å². The number of sulfonamides is 1. The molecule has 0 spiro atoms. The van der Waals surface area contributed by atoms with E-state index in [1.54, 1.807) is 17.0 Å². The van der Waals surface area contributed by atoms with Gasteiger partial charge in [0, 0.05) is 32.7 Å². The Morgan fingerprint density at radius 3 is 2.62 bits per heavy atom. The van der Waals surface area contributed by atoms with Gasteiger partial charge in [-0.05, 0) is 74.6 Å². The third kappa shape index (κ3) is 5.97. The van der Waals surface area contributed by atoms with Gasteiger partial charge in [0.15, 0.2) is 5.13 Å². The van der Waals surface area contributed by atoms with Gasteiger partial charge in [-0.3, -0.25) is 14.6 Å². The molecule has 2 aliphatic heterocycles. The molecular weight excluding hydrogens is 536 g/mol. The number of ether oxygens (including phenoxy) is 2. The topological polar surface area (TPSA) is 92.3 Å². The van der Waals surface area contributed by atoms with E-state index < -0.39 is 16.1 Å². The highest BCUT2D eigenvalue weighted by Crippen LogP contribution is 2.35. The third-order valence-electron chi connectivity index (χ3n) is 7.42. The van der Waals surface area contributed by atoms with Gasteiger partial charge in [-0.2, -0.15) is 4.31 Å². The molecule has 2 aromatic carbocycles. The number of carbonyl (C=O) groups is 1. The molecule has 3 heterocycles. The largest absolute Gasteiger partial charge is 0.497 e. The van der Waals surface area contributed by atoms with Gasteiger partial charge in [0.05, 0.1) is 35.4 Å². The number of rotatable bonds is 9. The minimum atomic E-state index is -3.86. The average molecular weight is 573 g/mol. The molecule has 5 rings (SSSR count). The highest BCUT2D eigenvalue weighted by atomic mass is 32.2. The summed E-state index contributed by atoms with van der Waals surface area (Å²) >= 11 is 1.50. The summed E-state index contributed by atoms with van der Waals surface area (Å²) in [5, 5.41) is 0.624. The van der Waals surface area contributed by atoms with Crippen molar-refractivity contribution in [2.45, 2.75) is 44.0 Å². The predicted molar refractivity (Wildman–Crippen MR) is 153 cm³/mol. The lowest BCUT2D eigenvalue weighted by atomic mass is 10.1. The number of benzene rings is 2. The number of anilines is 1. The number of carbonyl (C=O) groups excluding carboxylic acids is 1. The Balaban J connectivity index is 1.43. The third-order valence-corrected chi connectivity index (χ3v) is 10.6. The lowest BCUT2D eigenvalue weighted by molar-refractivity contribution is -0.121. The fourth-order valence-electron chi connectivity index (χ4n) is 5.40. The van der Waals surface area contributed by atoms with Crippen LogP contribution in [0.15, 0.2) is 41.3 Å². The minimum absolute atomic E-state index is 0.160. The van der Waals surface area contributed by atoms with Crippen molar-refractivity contribution < 1.29 is 22.7 Å². The van der Waals surface area contributed by atoms with Crippen LogP contribution >= 0.6 is 11.3 Å². The zero-order valence-electron chi connectivity index (χ0n) is 22.8. The van der Waals surface area contributed by atoms with E-state index in [1.165, 1.54) is 34.9 Å². The van der Waals surface area contributed by atoms with Crippen LogP contribution in [-0.4, -0.2) is 87.6 Å². The average Bonchev–Trinajstić information content (AvgIpc) is 3.60. The van der Waals surface area contributed by atoms with E-state index in [0.29, 0.717) is 36.8 Å². The van der Waals surface area contributed by atoms with Crippen LogP contribution in [0, 0.1) is 13.8 Å². The van der Waals surface area contributed by atoms with E-state index in [2.05, 4.69) is 17.9 Å². The molecule has 0 radical (unpaired) electrons. The van der Waals surface area contributed by atoms with E-state index in [9.17, 15) is 13.2 Å². The Morgan fingerprint density at radius 1 is 1.15 bits per heavy atom. The first-order valence-corrected chi connectivity index (χ1v) is 15.7. The first-order chi connectivity index (χ1) is 18.8. The van der Waals surface area contributed by atoms with Crippen LogP contribution in [-0.2, 0) is 19.6 Å². The summed E-state index contributed by atoms with van der Waals surface area (Å²) in [5.74, 6) is 0.371. The number of hydrogen-bond acceptors (Lipinski definition) is 8. The van der Waals surface area contributed by atoms with Gasteiger partial charge in [-0.15, -0.1) is 0 Å². The number of aromatic nitrogens is 1. The summed E-state index contributed by atoms with van der Waals surface area (Å²) in [6.45, 7) is 8.92.